The van der Waals surface area contributed by atoms with Crippen molar-refractivity contribution in [3.8, 4) is 0 Å². The van der Waals surface area contributed by atoms with E-state index in [1.165, 1.54) is 11.3 Å². The fourth-order valence-electron chi connectivity index (χ4n) is 3.70. The van der Waals surface area contributed by atoms with Crippen molar-refractivity contribution in [1.82, 2.24) is 15.3 Å². The van der Waals surface area contributed by atoms with Crippen LogP contribution >= 0.6 is 11.3 Å². The maximum atomic E-state index is 12.4. The van der Waals surface area contributed by atoms with Gasteiger partial charge >= 0.3 is 5.97 Å². The Kier molecular flexibility index (Phi) is 5.64. The summed E-state index contributed by atoms with van der Waals surface area (Å²) in [6.07, 6.45) is 4.87. The summed E-state index contributed by atoms with van der Waals surface area (Å²) in [5, 5.41) is 13.0. The van der Waals surface area contributed by atoms with E-state index in [4.69, 9.17) is 0 Å². The molecule has 0 saturated heterocycles. The molecule has 1 saturated carbocycles. The normalized spacial score (nSPS) is 16.8. The highest BCUT2D eigenvalue weighted by Crippen LogP contribution is 2.28. The number of carboxylic acids is 1. The van der Waals surface area contributed by atoms with Crippen LogP contribution in [-0.4, -0.2) is 32.5 Å². The van der Waals surface area contributed by atoms with Crippen molar-refractivity contribution in [2.75, 3.05) is 0 Å². The second-order valence-electron chi connectivity index (χ2n) is 7.33. The Morgan fingerprint density at radius 1 is 1.22 bits per heavy atom. The van der Waals surface area contributed by atoms with Gasteiger partial charge in [-0.1, -0.05) is 25.7 Å². The number of aryl methyl sites for hydroxylation is 3. The van der Waals surface area contributed by atoms with E-state index in [1.807, 2.05) is 13.8 Å². The molecule has 0 spiro atoms. The van der Waals surface area contributed by atoms with Gasteiger partial charge in [-0.2, -0.15) is 0 Å². The maximum Gasteiger partial charge on any atom is 0.329 e. The Morgan fingerprint density at radius 2 is 1.89 bits per heavy atom. The number of hydrogen-bond acceptors (Lipinski definition) is 5. The number of aromatic nitrogens is 2. The van der Waals surface area contributed by atoms with Gasteiger partial charge in [0.15, 0.2) is 0 Å². The van der Waals surface area contributed by atoms with Gasteiger partial charge in [-0.25, -0.2) is 9.78 Å². The number of thiophene rings is 1. The molecule has 0 aliphatic heterocycles. The van der Waals surface area contributed by atoms with E-state index in [1.54, 1.807) is 0 Å². The van der Waals surface area contributed by atoms with E-state index in [0.29, 0.717) is 28.9 Å². The molecule has 1 aliphatic rings. The first-order valence-corrected chi connectivity index (χ1v) is 10.2. The van der Waals surface area contributed by atoms with Crippen LogP contribution in [-0.2, 0) is 16.0 Å². The summed E-state index contributed by atoms with van der Waals surface area (Å²) in [7, 11) is 0. The summed E-state index contributed by atoms with van der Waals surface area (Å²) >= 11 is 1.47. The van der Waals surface area contributed by atoms with Gasteiger partial charge in [0.25, 0.3) is 5.56 Å². The third kappa shape index (κ3) is 4.05. The molecule has 27 heavy (non-hydrogen) atoms. The molecule has 0 radical (unpaired) electrons. The number of amides is 1. The number of aliphatic carboxylic acids is 1. The molecule has 0 bridgehead atoms. The second-order valence-corrected chi connectivity index (χ2v) is 8.53. The van der Waals surface area contributed by atoms with Crippen molar-refractivity contribution in [3.63, 3.8) is 0 Å². The molecule has 0 unspecified atom stereocenters. The molecular weight excluding hydrogens is 366 g/mol. The average molecular weight is 391 g/mol. The van der Waals surface area contributed by atoms with Gasteiger partial charge in [0, 0.05) is 17.7 Å². The molecule has 1 fully saturated rings. The number of nitrogens with zero attached hydrogens (tertiary/aromatic N) is 1. The van der Waals surface area contributed by atoms with Gasteiger partial charge in [0.1, 0.15) is 16.2 Å². The Balaban J connectivity index is 1.70. The fourth-order valence-corrected chi connectivity index (χ4v) is 4.75. The number of H-pyrrole nitrogens is 1. The summed E-state index contributed by atoms with van der Waals surface area (Å²) in [4.78, 5) is 45.5. The molecule has 2 heterocycles. The standard InChI is InChI=1S/C19H25N3O4S/c1-11-12(2)27-17-15(11)16(24)20-13(21-17)7-8-14(23)22-19(18(25)26)9-5-3-4-6-10-19/h3-10H2,1-2H3,(H,22,23)(H,25,26)(H,20,21,24). The minimum atomic E-state index is -1.17. The van der Waals surface area contributed by atoms with Crippen LogP contribution in [0.3, 0.4) is 0 Å². The van der Waals surface area contributed by atoms with E-state index in [-0.39, 0.29) is 24.3 Å². The molecule has 0 atom stereocenters. The predicted octanol–water partition coefficient (Wildman–Crippen LogP) is 2.83. The van der Waals surface area contributed by atoms with Crippen LogP contribution < -0.4 is 10.9 Å². The zero-order valence-corrected chi connectivity index (χ0v) is 16.5. The Hall–Kier alpha value is -2.22. The number of carboxylic acid groups (broad SMARTS) is 1. The van der Waals surface area contributed by atoms with E-state index < -0.39 is 11.5 Å². The van der Waals surface area contributed by atoms with Gasteiger partial charge < -0.3 is 15.4 Å². The third-order valence-electron chi connectivity index (χ3n) is 5.42. The van der Waals surface area contributed by atoms with Gasteiger partial charge in [0.2, 0.25) is 5.91 Å². The summed E-state index contributed by atoms with van der Waals surface area (Å²) in [5.41, 5.74) is -0.423. The van der Waals surface area contributed by atoms with Crippen LogP contribution in [0.2, 0.25) is 0 Å². The minimum Gasteiger partial charge on any atom is -0.480 e. The van der Waals surface area contributed by atoms with Gasteiger partial charge in [-0.15, -0.1) is 11.3 Å². The molecule has 3 N–H and O–H groups in total. The number of rotatable bonds is 5. The monoisotopic (exact) mass is 391 g/mol. The number of fused-ring (bicyclic) bond motifs is 1. The van der Waals surface area contributed by atoms with Gasteiger partial charge in [-0.05, 0) is 32.3 Å². The van der Waals surface area contributed by atoms with E-state index >= 15 is 0 Å². The molecule has 3 rings (SSSR count). The number of hydrogen-bond donors (Lipinski definition) is 3. The lowest BCUT2D eigenvalue weighted by atomic mass is 9.90. The molecule has 0 aromatic carbocycles. The molecule has 2 aromatic rings. The molecule has 1 aliphatic carbocycles. The highest BCUT2D eigenvalue weighted by molar-refractivity contribution is 7.18. The van der Waals surface area contributed by atoms with Gasteiger partial charge in [0.05, 0.1) is 5.39 Å². The zero-order chi connectivity index (χ0) is 19.6. The van der Waals surface area contributed by atoms with Crippen LogP contribution in [0.5, 0.6) is 0 Å². The topological polar surface area (TPSA) is 112 Å². The lowest BCUT2D eigenvalue weighted by Gasteiger charge is -2.29. The lowest BCUT2D eigenvalue weighted by molar-refractivity contribution is -0.148. The van der Waals surface area contributed by atoms with E-state index in [2.05, 4.69) is 15.3 Å². The molecular formula is C19H25N3O4S. The van der Waals surface area contributed by atoms with Crippen molar-refractivity contribution in [2.45, 2.75) is 70.8 Å². The van der Waals surface area contributed by atoms with Crippen LogP contribution in [0.15, 0.2) is 4.79 Å². The lowest BCUT2D eigenvalue weighted by Crippen LogP contribution is -2.54. The maximum absolute atomic E-state index is 12.4. The molecule has 146 valence electrons. The average Bonchev–Trinajstić information content (AvgIpc) is 2.77. The summed E-state index contributed by atoms with van der Waals surface area (Å²) in [6.45, 7) is 3.85. The van der Waals surface area contributed by atoms with Crippen LogP contribution in [0.1, 0.15) is 61.2 Å². The smallest absolute Gasteiger partial charge is 0.329 e. The van der Waals surface area contributed by atoms with Crippen molar-refractivity contribution in [2.24, 2.45) is 0 Å². The molecule has 8 heteroatoms. The first-order valence-electron chi connectivity index (χ1n) is 9.36. The van der Waals surface area contributed by atoms with Crippen LogP contribution in [0, 0.1) is 13.8 Å². The number of carbonyl (C=O) groups is 2. The fraction of sp³-hybridized carbons (Fsp3) is 0.579. The van der Waals surface area contributed by atoms with Crippen molar-refractivity contribution in [3.05, 3.63) is 26.6 Å². The quantitative estimate of drug-likeness (QED) is 0.679. The summed E-state index contributed by atoms with van der Waals surface area (Å²) in [6, 6.07) is 0. The van der Waals surface area contributed by atoms with Crippen LogP contribution in [0.25, 0.3) is 10.2 Å². The summed E-state index contributed by atoms with van der Waals surface area (Å²) < 4.78 is 0. The third-order valence-corrected chi connectivity index (χ3v) is 6.52. The highest BCUT2D eigenvalue weighted by Gasteiger charge is 2.39. The summed E-state index contributed by atoms with van der Waals surface area (Å²) in [5.74, 6) is -0.829. The van der Waals surface area contributed by atoms with Crippen molar-refractivity contribution >= 4 is 33.4 Å². The van der Waals surface area contributed by atoms with Crippen molar-refractivity contribution in [1.29, 1.82) is 0 Å². The first-order chi connectivity index (χ1) is 12.8. The second kappa shape index (κ2) is 7.80. The van der Waals surface area contributed by atoms with Gasteiger partial charge in [-0.3, -0.25) is 9.59 Å². The molecule has 2 aromatic heterocycles. The number of aromatic amines is 1. The van der Waals surface area contributed by atoms with E-state index in [9.17, 15) is 19.5 Å². The highest BCUT2D eigenvalue weighted by atomic mass is 32.1. The Bertz CT molecular complexity index is 923. The number of nitrogens with one attached hydrogen (secondary N) is 2. The van der Waals surface area contributed by atoms with Crippen LogP contribution in [0.4, 0.5) is 0 Å². The largest absolute Gasteiger partial charge is 0.480 e. The van der Waals surface area contributed by atoms with Crippen molar-refractivity contribution < 1.29 is 14.7 Å². The zero-order valence-electron chi connectivity index (χ0n) is 15.7. The first kappa shape index (κ1) is 19.5. The SMILES string of the molecule is Cc1sc2nc(CCC(=O)NC3(C(=O)O)CCCCCC3)[nH]c(=O)c2c1C. The molecule has 1 amide bonds. The minimum absolute atomic E-state index is 0.0901. The predicted molar refractivity (Wildman–Crippen MR) is 104 cm³/mol. The molecule has 7 nitrogen and oxygen atoms in total. The Morgan fingerprint density at radius 3 is 2.52 bits per heavy atom. The van der Waals surface area contributed by atoms with E-state index in [0.717, 1.165) is 36.1 Å². The number of carbonyl (C=O) groups excluding carboxylic acids is 1. The Labute approximate surface area is 161 Å².